The first-order valence-electron chi connectivity index (χ1n) is 9.40. The third-order valence-corrected chi connectivity index (χ3v) is 5.00. The second-order valence-electron chi connectivity index (χ2n) is 6.77. The Balaban J connectivity index is 2.14. The summed E-state index contributed by atoms with van der Waals surface area (Å²) in [5.41, 5.74) is 5.04. The quantitative estimate of drug-likeness (QED) is 0.228. The van der Waals surface area contributed by atoms with E-state index in [0.29, 0.717) is 11.3 Å². The molecule has 1 aliphatic carbocycles. The van der Waals surface area contributed by atoms with Gasteiger partial charge in [0, 0.05) is 16.7 Å². The molecule has 0 unspecified atom stereocenters. The first kappa shape index (κ1) is 19.4. The first-order chi connectivity index (χ1) is 14.6. The van der Waals surface area contributed by atoms with Crippen molar-refractivity contribution in [2.45, 2.75) is 6.92 Å². The summed E-state index contributed by atoms with van der Waals surface area (Å²) in [5, 5.41) is 17.3. The van der Waals surface area contributed by atoms with Crippen LogP contribution in [-0.2, 0) is 14.3 Å². The topological polar surface area (TPSA) is 75.4 Å². The van der Waals surface area contributed by atoms with Crippen LogP contribution < -0.4 is 9.79 Å². The summed E-state index contributed by atoms with van der Waals surface area (Å²) >= 11 is 0. The number of benzene rings is 2. The monoisotopic (exact) mass is 400 g/mol. The van der Waals surface area contributed by atoms with Crippen molar-refractivity contribution >= 4 is 17.2 Å². The fourth-order valence-corrected chi connectivity index (χ4v) is 3.74. The van der Waals surface area contributed by atoms with Gasteiger partial charge in [-0.1, -0.05) is 48.5 Å². The van der Waals surface area contributed by atoms with E-state index in [4.69, 9.17) is 9.47 Å². The summed E-state index contributed by atoms with van der Waals surface area (Å²) in [4.78, 5) is 13.1. The zero-order valence-electron chi connectivity index (χ0n) is 16.9. The van der Waals surface area contributed by atoms with Gasteiger partial charge < -0.3 is 14.6 Å². The molecular formula is C24H20N2O4. The molecule has 0 saturated carbocycles. The average Bonchev–Trinajstić information content (AvgIpc) is 3.10. The van der Waals surface area contributed by atoms with Crippen molar-refractivity contribution in [1.82, 2.24) is 5.10 Å². The Hall–Kier alpha value is -3.93. The molecule has 0 aliphatic heterocycles. The second-order valence-corrected chi connectivity index (χ2v) is 6.77. The highest BCUT2D eigenvalue weighted by atomic mass is 16.6. The van der Waals surface area contributed by atoms with Gasteiger partial charge in [0.2, 0.25) is 6.20 Å². The third-order valence-electron chi connectivity index (χ3n) is 5.00. The van der Waals surface area contributed by atoms with Gasteiger partial charge in [0.15, 0.2) is 0 Å². The van der Waals surface area contributed by atoms with Crippen LogP contribution >= 0.6 is 0 Å². The van der Waals surface area contributed by atoms with Crippen LogP contribution in [0.25, 0.3) is 22.4 Å². The van der Waals surface area contributed by atoms with E-state index < -0.39 is 11.9 Å². The Labute approximate surface area is 174 Å². The molecule has 0 radical (unpaired) electrons. The lowest BCUT2D eigenvalue weighted by molar-refractivity contribution is -0.650. The van der Waals surface area contributed by atoms with E-state index in [1.54, 1.807) is 25.3 Å². The number of rotatable bonds is 4. The lowest BCUT2D eigenvalue weighted by Crippen LogP contribution is -2.42. The van der Waals surface area contributed by atoms with Gasteiger partial charge in [0.1, 0.15) is 17.2 Å². The molecule has 150 valence electrons. The third kappa shape index (κ3) is 3.12. The number of hydrogen-bond acceptors (Lipinski definition) is 5. The fourth-order valence-electron chi connectivity index (χ4n) is 3.74. The molecule has 0 amide bonds. The minimum atomic E-state index is -0.687. The van der Waals surface area contributed by atoms with E-state index in [0.717, 1.165) is 22.3 Å². The second kappa shape index (κ2) is 7.83. The Morgan fingerprint density at radius 2 is 1.43 bits per heavy atom. The van der Waals surface area contributed by atoms with Crippen LogP contribution in [-0.4, -0.2) is 25.3 Å². The van der Waals surface area contributed by atoms with E-state index >= 15 is 0 Å². The Kier molecular flexibility index (Phi) is 5.06. The van der Waals surface area contributed by atoms with E-state index in [2.05, 4.69) is 5.10 Å². The molecular weight excluding hydrogens is 380 g/mol. The Morgan fingerprint density at radius 1 is 0.867 bits per heavy atom. The minimum Gasteiger partial charge on any atom is -0.612 e. The van der Waals surface area contributed by atoms with Crippen LogP contribution in [0, 0.1) is 6.92 Å². The van der Waals surface area contributed by atoms with Gasteiger partial charge in [-0.15, -0.1) is 0 Å². The minimum absolute atomic E-state index is 0.00504. The van der Waals surface area contributed by atoms with Crippen LogP contribution in [0.2, 0.25) is 0 Å². The maximum Gasteiger partial charge on any atom is 0.345 e. The Morgan fingerprint density at radius 3 is 1.93 bits per heavy atom. The highest BCUT2D eigenvalue weighted by Crippen LogP contribution is 2.46. The van der Waals surface area contributed by atoms with Crippen molar-refractivity contribution in [3.05, 3.63) is 95.2 Å². The summed E-state index contributed by atoms with van der Waals surface area (Å²) < 4.78 is 11.5. The number of carbonyl (C=O) groups is 1. The summed E-state index contributed by atoms with van der Waals surface area (Å²) in [6.45, 7) is 1.80. The van der Waals surface area contributed by atoms with Crippen molar-refractivity contribution in [2.75, 3.05) is 14.2 Å². The lowest BCUT2D eigenvalue weighted by atomic mass is 9.96. The molecule has 0 fully saturated rings. The SMILES string of the molecule is COC(=O)C(=C1c2ccccc2-c2ccccc21)/C(=C(\[O-])OC)[n+]1cccc(C)n1. The molecule has 4 rings (SSSR count). The van der Waals surface area contributed by atoms with Crippen LogP contribution in [0.4, 0.5) is 0 Å². The number of aromatic nitrogens is 2. The number of esters is 1. The van der Waals surface area contributed by atoms with Crippen LogP contribution in [0.15, 0.2) is 78.4 Å². The average molecular weight is 400 g/mol. The summed E-state index contributed by atoms with van der Waals surface area (Å²) in [6, 6.07) is 19.1. The van der Waals surface area contributed by atoms with Crippen molar-refractivity contribution < 1.29 is 24.1 Å². The highest BCUT2D eigenvalue weighted by molar-refractivity contribution is 6.16. The molecule has 0 atom stereocenters. The maximum atomic E-state index is 13.1. The van der Waals surface area contributed by atoms with Gasteiger partial charge in [-0.05, 0) is 47.0 Å². The number of ether oxygens (including phenoxy) is 2. The van der Waals surface area contributed by atoms with Crippen LogP contribution in [0.5, 0.6) is 0 Å². The largest absolute Gasteiger partial charge is 0.612 e. The van der Waals surface area contributed by atoms with E-state index in [1.807, 2.05) is 48.5 Å². The molecule has 6 heteroatoms. The molecule has 3 aromatic rings. The molecule has 6 nitrogen and oxygen atoms in total. The number of nitrogens with zero attached hydrogens (tertiary/aromatic N) is 2. The molecule has 0 saturated heterocycles. The first-order valence-corrected chi connectivity index (χ1v) is 9.40. The van der Waals surface area contributed by atoms with Crippen molar-refractivity contribution in [1.29, 1.82) is 0 Å². The van der Waals surface area contributed by atoms with E-state index in [1.165, 1.54) is 18.9 Å². The number of fused-ring (bicyclic) bond motifs is 3. The smallest absolute Gasteiger partial charge is 0.345 e. The predicted octanol–water partition coefficient (Wildman–Crippen LogP) is 2.47. The van der Waals surface area contributed by atoms with Gasteiger partial charge in [-0.2, -0.15) is 0 Å². The number of methoxy groups -OCH3 is 2. The molecule has 30 heavy (non-hydrogen) atoms. The normalized spacial score (nSPS) is 12.6. The molecule has 1 aromatic heterocycles. The number of aryl methyl sites for hydroxylation is 1. The van der Waals surface area contributed by atoms with Gasteiger partial charge in [-0.3, -0.25) is 0 Å². The molecule has 1 heterocycles. The van der Waals surface area contributed by atoms with Crippen LogP contribution in [0.3, 0.4) is 0 Å². The zero-order valence-corrected chi connectivity index (χ0v) is 16.9. The number of hydrogen-bond donors (Lipinski definition) is 0. The molecule has 0 bridgehead atoms. The van der Waals surface area contributed by atoms with Crippen molar-refractivity contribution in [3.63, 3.8) is 0 Å². The van der Waals surface area contributed by atoms with Crippen molar-refractivity contribution in [3.8, 4) is 11.1 Å². The summed E-state index contributed by atoms with van der Waals surface area (Å²) in [7, 11) is 2.56. The van der Waals surface area contributed by atoms with Crippen LogP contribution in [0.1, 0.15) is 16.8 Å². The van der Waals surface area contributed by atoms with E-state index in [9.17, 15) is 9.90 Å². The van der Waals surface area contributed by atoms with Gasteiger partial charge in [-0.25, -0.2) is 4.79 Å². The van der Waals surface area contributed by atoms with Gasteiger partial charge in [0.05, 0.1) is 7.11 Å². The standard InChI is InChI=1S/C24H20N2O4/c1-15-9-8-14-26(25-15)22(24(28)30-3)21(23(27)29-2)20-18-12-6-4-10-16(18)17-11-5-7-13-19(17)20/h4-14H,1-3H3. The zero-order chi connectivity index (χ0) is 21.3. The molecule has 0 spiro atoms. The molecule has 2 aromatic carbocycles. The number of carbonyl (C=O) groups excluding carboxylic acids is 1. The summed E-state index contributed by atoms with van der Waals surface area (Å²) in [6.07, 6.45) is 1.61. The van der Waals surface area contributed by atoms with Gasteiger partial charge in [0.25, 0.3) is 5.70 Å². The van der Waals surface area contributed by atoms with E-state index in [-0.39, 0.29) is 11.3 Å². The lowest BCUT2D eigenvalue weighted by Gasteiger charge is -2.15. The molecule has 1 aliphatic rings. The highest BCUT2D eigenvalue weighted by Gasteiger charge is 2.36. The molecule has 0 N–H and O–H groups in total. The van der Waals surface area contributed by atoms with Gasteiger partial charge >= 0.3 is 5.97 Å². The fraction of sp³-hybridized carbons (Fsp3) is 0.125. The Bertz CT molecular complexity index is 1160. The predicted molar refractivity (Wildman–Crippen MR) is 109 cm³/mol. The maximum absolute atomic E-state index is 13.1. The van der Waals surface area contributed by atoms with Crippen molar-refractivity contribution in [2.24, 2.45) is 0 Å². The summed E-state index contributed by atoms with van der Waals surface area (Å²) in [5.74, 6) is -1.33.